The van der Waals surface area contributed by atoms with E-state index >= 15 is 0 Å². The Bertz CT molecular complexity index is 581. The number of nitrogens with two attached hydrogens (primary N) is 1. The first-order valence-electron chi connectivity index (χ1n) is 6.90. The molecule has 1 saturated heterocycles. The Morgan fingerprint density at radius 3 is 2.76 bits per heavy atom. The van der Waals surface area contributed by atoms with Gasteiger partial charge in [0.15, 0.2) is 5.82 Å². The van der Waals surface area contributed by atoms with Crippen LogP contribution in [0.15, 0.2) is 18.5 Å². The number of ether oxygens (including phenoxy) is 1. The quantitative estimate of drug-likeness (QED) is 0.871. The molecule has 0 aromatic carbocycles. The summed E-state index contributed by atoms with van der Waals surface area (Å²) in [6.45, 7) is 7.57. The van der Waals surface area contributed by atoms with Crippen molar-refractivity contribution in [3.8, 4) is 6.57 Å². The van der Waals surface area contributed by atoms with Gasteiger partial charge in [-0.05, 0) is 25.0 Å². The summed E-state index contributed by atoms with van der Waals surface area (Å²) in [7, 11) is 0. The summed E-state index contributed by atoms with van der Waals surface area (Å²) < 4.78 is 7.49. The molecule has 2 aromatic heterocycles. The molecule has 0 radical (unpaired) electrons. The van der Waals surface area contributed by atoms with Gasteiger partial charge in [-0.3, -0.25) is 0 Å². The molecule has 1 fully saturated rings. The molecule has 2 unspecified atom stereocenters. The fourth-order valence-electron chi connectivity index (χ4n) is 2.27. The van der Waals surface area contributed by atoms with E-state index in [1.165, 1.54) is 6.33 Å². The van der Waals surface area contributed by atoms with Gasteiger partial charge in [0.25, 0.3) is 0 Å². The van der Waals surface area contributed by atoms with Crippen LogP contribution in [0.1, 0.15) is 38.5 Å². The van der Waals surface area contributed by atoms with Crippen LogP contribution < -0.4 is 5.73 Å². The lowest BCUT2D eigenvalue weighted by molar-refractivity contribution is 0.00856. The number of rotatable bonds is 2. The molecule has 0 aliphatic carbocycles. The normalized spacial score (nSPS) is 20.2. The standard InChI is InChI=1S/C11H14N4O2.C2H6.CHN/c12-11-9-3-2-8(15(9)14-6-13-11)10-4-1-7(5-16)17-10;2*1-2/h2-3,6-7,10,16H,1,4-5H2,(H2,12,13,14);1-2H3;1H. The number of fused-ring (bicyclic) bond motifs is 1. The molecular formula is C14H21N5O2. The lowest BCUT2D eigenvalue weighted by Gasteiger charge is -2.11. The fourth-order valence-corrected chi connectivity index (χ4v) is 2.27. The van der Waals surface area contributed by atoms with Gasteiger partial charge in [0.05, 0.1) is 18.4 Å². The molecular weight excluding hydrogens is 270 g/mol. The van der Waals surface area contributed by atoms with E-state index in [2.05, 4.69) is 16.7 Å². The molecule has 2 atom stereocenters. The monoisotopic (exact) mass is 291 g/mol. The summed E-state index contributed by atoms with van der Waals surface area (Å²) in [5.41, 5.74) is 7.52. The molecule has 1 aliphatic heterocycles. The van der Waals surface area contributed by atoms with E-state index in [4.69, 9.17) is 20.8 Å². The van der Waals surface area contributed by atoms with Crippen LogP contribution in [0.2, 0.25) is 0 Å². The largest absolute Gasteiger partial charge is 0.394 e. The number of hydrogen-bond donors (Lipinski definition) is 2. The Hall–Kier alpha value is -2.17. The van der Waals surface area contributed by atoms with Gasteiger partial charge in [-0.2, -0.15) is 5.10 Å². The summed E-state index contributed by atoms with van der Waals surface area (Å²) in [5, 5.41) is 19.7. The van der Waals surface area contributed by atoms with Crippen molar-refractivity contribution in [3.63, 3.8) is 0 Å². The van der Waals surface area contributed by atoms with Gasteiger partial charge in [-0.25, -0.2) is 14.8 Å². The van der Waals surface area contributed by atoms with Crippen molar-refractivity contribution >= 4 is 11.3 Å². The number of anilines is 1. The van der Waals surface area contributed by atoms with Crippen LogP contribution in [0.4, 0.5) is 5.82 Å². The summed E-state index contributed by atoms with van der Waals surface area (Å²) in [5.74, 6) is 0.461. The Balaban J connectivity index is 0.000000510. The highest BCUT2D eigenvalue weighted by atomic mass is 16.5. The first-order chi connectivity index (χ1) is 10.3. The van der Waals surface area contributed by atoms with Crippen molar-refractivity contribution in [3.05, 3.63) is 24.2 Å². The van der Waals surface area contributed by atoms with Crippen LogP contribution in [0.3, 0.4) is 0 Å². The third kappa shape index (κ3) is 3.48. The van der Waals surface area contributed by atoms with E-state index in [9.17, 15) is 0 Å². The third-order valence-electron chi connectivity index (χ3n) is 3.15. The van der Waals surface area contributed by atoms with Crippen molar-refractivity contribution in [1.29, 1.82) is 5.26 Å². The Labute approximate surface area is 124 Å². The maximum absolute atomic E-state index is 9.06. The van der Waals surface area contributed by atoms with E-state index in [1.54, 1.807) is 4.52 Å². The van der Waals surface area contributed by atoms with Crippen molar-refractivity contribution in [2.75, 3.05) is 12.3 Å². The minimum atomic E-state index is -0.0651. The molecule has 1 aliphatic rings. The Kier molecular flexibility index (Phi) is 6.59. The molecule has 0 saturated carbocycles. The Morgan fingerprint density at radius 2 is 2.14 bits per heavy atom. The minimum absolute atomic E-state index is 0.0241. The predicted octanol–water partition coefficient (Wildman–Crippen LogP) is 1.69. The second kappa shape index (κ2) is 8.19. The van der Waals surface area contributed by atoms with Crippen LogP contribution in [0, 0.1) is 11.8 Å². The second-order valence-corrected chi connectivity index (χ2v) is 4.21. The van der Waals surface area contributed by atoms with E-state index < -0.39 is 0 Å². The summed E-state index contributed by atoms with van der Waals surface area (Å²) in [6.07, 6.45) is 3.11. The fraction of sp³-hybridized carbons (Fsp3) is 0.500. The highest BCUT2D eigenvalue weighted by Crippen LogP contribution is 2.33. The average Bonchev–Trinajstić information content (AvgIpc) is 3.18. The van der Waals surface area contributed by atoms with Gasteiger partial charge in [0.1, 0.15) is 17.9 Å². The van der Waals surface area contributed by atoms with Gasteiger partial charge in [0.2, 0.25) is 0 Å². The molecule has 3 N–H and O–H groups in total. The second-order valence-electron chi connectivity index (χ2n) is 4.21. The summed E-state index contributed by atoms with van der Waals surface area (Å²) >= 11 is 0. The zero-order valence-corrected chi connectivity index (χ0v) is 12.3. The predicted molar refractivity (Wildman–Crippen MR) is 79.4 cm³/mol. The summed E-state index contributed by atoms with van der Waals surface area (Å²) in [6, 6.07) is 3.84. The van der Waals surface area contributed by atoms with Gasteiger partial charge >= 0.3 is 0 Å². The highest BCUT2D eigenvalue weighted by Gasteiger charge is 2.28. The Morgan fingerprint density at radius 1 is 1.43 bits per heavy atom. The average molecular weight is 291 g/mol. The van der Waals surface area contributed by atoms with Crippen LogP contribution in [0.25, 0.3) is 5.52 Å². The van der Waals surface area contributed by atoms with Crippen LogP contribution in [-0.2, 0) is 4.74 Å². The number of hydrogen-bond acceptors (Lipinski definition) is 6. The summed E-state index contributed by atoms with van der Waals surface area (Å²) in [4.78, 5) is 3.94. The van der Waals surface area contributed by atoms with E-state index in [0.29, 0.717) is 5.82 Å². The zero-order chi connectivity index (χ0) is 15.8. The molecule has 114 valence electrons. The first-order valence-corrected chi connectivity index (χ1v) is 6.90. The molecule has 0 bridgehead atoms. The first kappa shape index (κ1) is 16.9. The van der Waals surface area contributed by atoms with Crippen molar-refractivity contribution < 1.29 is 9.84 Å². The van der Waals surface area contributed by atoms with Gasteiger partial charge in [-0.1, -0.05) is 13.8 Å². The molecule has 0 spiro atoms. The van der Waals surface area contributed by atoms with E-state index in [-0.39, 0.29) is 18.8 Å². The van der Waals surface area contributed by atoms with E-state index in [1.807, 2.05) is 26.0 Å². The number of aromatic nitrogens is 3. The molecule has 2 aromatic rings. The van der Waals surface area contributed by atoms with E-state index in [0.717, 1.165) is 24.1 Å². The lowest BCUT2D eigenvalue weighted by atomic mass is 10.1. The van der Waals surface area contributed by atoms with Crippen molar-refractivity contribution in [2.45, 2.75) is 38.9 Å². The topological polar surface area (TPSA) is 109 Å². The maximum Gasteiger partial charge on any atom is 0.151 e. The third-order valence-corrected chi connectivity index (χ3v) is 3.15. The van der Waals surface area contributed by atoms with Crippen LogP contribution in [-0.4, -0.2) is 32.4 Å². The zero-order valence-electron chi connectivity index (χ0n) is 12.3. The molecule has 21 heavy (non-hydrogen) atoms. The number of nitrogens with zero attached hydrogens (tertiary/aromatic N) is 4. The van der Waals surface area contributed by atoms with Gasteiger partial charge in [-0.15, -0.1) is 0 Å². The molecule has 7 nitrogen and oxygen atoms in total. The van der Waals surface area contributed by atoms with Crippen molar-refractivity contribution in [2.24, 2.45) is 0 Å². The van der Waals surface area contributed by atoms with Crippen molar-refractivity contribution in [1.82, 2.24) is 14.6 Å². The molecule has 3 heterocycles. The number of aliphatic hydroxyl groups is 1. The number of nitrogen functional groups attached to an aromatic ring is 1. The lowest BCUT2D eigenvalue weighted by Crippen LogP contribution is -2.12. The molecule has 0 amide bonds. The van der Waals surface area contributed by atoms with Crippen LogP contribution >= 0.6 is 0 Å². The minimum Gasteiger partial charge on any atom is -0.394 e. The number of aliphatic hydroxyl groups excluding tert-OH is 1. The van der Waals surface area contributed by atoms with Gasteiger partial charge in [0, 0.05) is 6.57 Å². The molecule has 7 heteroatoms. The SMILES string of the molecule is C#N.CC.Nc1ncnn2c(C3CCC(CO)O3)ccc12. The smallest absolute Gasteiger partial charge is 0.151 e. The maximum atomic E-state index is 9.06. The highest BCUT2D eigenvalue weighted by molar-refractivity contribution is 5.65. The molecule has 3 rings (SSSR count). The van der Waals surface area contributed by atoms with Crippen LogP contribution in [0.5, 0.6) is 0 Å². The number of nitriles is 1. The van der Waals surface area contributed by atoms with Gasteiger partial charge < -0.3 is 15.6 Å².